The largest absolute Gasteiger partial charge is 0.493 e. The fourth-order valence-corrected chi connectivity index (χ4v) is 2.60. The molecule has 1 heterocycles. The van der Waals surface area contributed by atoms with Crippen molar-refractivity contribution in [2.24, 2.45) is 0 Å². The summed E-state index contributed by atoms with van der Waals surface area (Å²) in [6.07, 6.45) is 5.26. The third-order valence-electron chi connectivity index (χ3n) is 3.89. The van der Waals surface area contributed by atoms with Gasteiger partial charge in [-0.15, -0.1) is 0 Å². The van der Waals surface area contributed by atoms with Crippen LogP contribution in [-0.4, -0.2) is 52.0 Å². The molecule has 0 amide bonds. The molecule has 0 saturated carbocycles. The van der Waals surface area contributed by atoms with Gasteiger partial charge in [-0.2, -0.15) is 0 Å². The van der Waals surface area contributed by atoms with Crippen LogP contribution in [0.5, 0.6) is 17.2 Å². The third kappa shape index (κ3) is 3.65. The summed E-state index contributed by atoms with van der Waals surface area (Å²) in [5.74, 6) is 1.94. The maximum absolute atomic E-state index is 5.53. The van der Waals surface area contributed by atoms with Crippen LogP contribution in [0.2, 0.25) is 0 Å². The summed E-state index contributed by atoms with van der Waals surface area (Å²) >= 11 is 0. The van der Waals surface area contributed by atoms with E-state index >= 15 is 0 Å². The van der Waals surface area contributed by atoms with E-state index in [1.54, 1.807) is 21.3 Å². The Hall–Kier alpha value is -1.88. The quantitative estimate of drug-likeness (QED) is 0.808. The fraction of sp³-hybridized carbons (Fsp3) is 0.529. The van der Waals surface area contributed by atoms with Crippen LogP contribution in [0.3, 0.4) is 0 Å². The number of methoxy groups -OCH3 is 3. The van der Waals surface area contributed by atoms with Crippen molar-refractivity contribution in [1.82, 2.24) is 4.90 Å². The average Bonchev–Trinajstić information content (AvgIpc) is 2.58. The molecule has 0 aromatic heterocycles. The summed E-state index contributed by atoms with van der Waals surface area (Å²) in [6.45, 7) is 4.66. The maximum atomic E-state index is 5.53. The Kier molecular flexibility index (Phi) is 5.95. The Morgan fingerprint density at radius 1 is 1.18 bits per heavy atom. The molecule has 0 spiro atoms. The summed E-state index contributed by atoms with van der Waals surface area (Å²) in [6, 6.07) is 4.32. The smallest absolute Gasteiger partial charge is 0.203 e. The van der Waals surface area contributed by atoms with E-state index in [9.17, 15) is 0 Å². The molecule has 2 rings (SSSR count). The lowest BCUT2D eigenvalue weighted by molar-refractivity contribution is 0.0155. The second-order valence-electron chi connectivity index (χ2n) is 5.15. The molecule has 1 aliphatic heterocycles. The van der Waals surface area contributed by atoms with Crippen molar-refractivity contribution in [2.45, 2.75) is 19.4 Å². The molecule has 1 unspecified atom stereocenters. The van der Waals surface area contributed by atoms with Gasteiger partial charge < -0.3 is 23.8 Å². The number of nitrogens with zero attached hydrogens (tertiary/aromatic N) is 1. The Balaban J connectivity index is 2.23. The van der Waals surface area contributed by atoms with E-state index in [0.717, 1.165) is 31.7 Å². The highest BCUT2D eigenvalue weighted by Crippen LogP contribution is 2.38. The van der Waals surface area contributed by atoms with Crippen molar-refractivity contribution in [3.63, 3.8) is 0 Å². The van der Waals surface area contributed by atoms with Gasteiger partial charge >= 0.3 is 0 Å². The standard InChI is InChI=1S/C17H25NO4/c1-5-14-12-22-9-8-18(14)7-6-13-10-15(19-2)17(21-4)16(11-13)20-3/h6-7,10-11,14H,5,8-9,12H2,1-4H3/b7-6+. The van der Waals surface area contributed by atoms with Crippen molar-refractivity contribution in [2.75, 3.05) is 41.1 Å². The molecule has 1 aliphatic rings. The molecule has 122 valence electrons. The fourth-order valence-electron chi connectivity index (χ4n) is 2.60. The zero-order valence-electron chi connectivity index (χ0n) is 13.8. The first kappa shape index (κ1) is 16.5. The Morgan fingerprint density at radius 3 is 2.41 bits per heavy atom. The zero-order chi connectivity index (χ0) is 15.9. The predicted molar refractivity (Wildman–Crippen MR) is 86.7 cm³/mol. The molecule has 5 heteroatoms. The van der Waals surface area contributed by atoms with Gasteiger partial charge in [0.25, 0.3) is 0 Å². The lowest BCUT2D eigenvalue weighted by Gasteiger charge is -2.34. The van der Waals surface area contributed by atoms with Crippen LogP contribution in [0.1, 0.15) is 18.9 Å². The second-order valence-corrected chi connectivity index (χ2v) is 5.15. The summed E-state index contributed by atoms with van der Waals surface area (Å²) in [4.78, 5) is 2.33. The highest BCUT2D eigenvalue weighted by Gasteiger charge is 2.18. The van der Waals surface area contributed by atoms with Gasteiger partial charge in [-0.3, -0.25) is 0 Å². The topological polar surface area (TPSA) is 40.2 Å². The molecule has 1 fully saturated rings. The molecule has 1 atom stereocenters. The van der Waals surface area contributed by atoms with Gasteiger partial charge in [0.05, 0.1) is 40.6 Å². The molecular formula is C17H25NO4. The Morgan fingerprint density at radius 2 is 1.86 bits per heavy atom. The van der Waals surface area contributed by atoms with E-state index in [0.29, 0.717) is 23.3 Å². The van der Waals surface area contributed by atoms with Crippen molar-refractivity contribution >= 4 is 6.08 Å². The molecule has 0 N–H and O–H groups in total. The van der Waals surface area contributed by atoms with Gasteiger partial charge in [0.15, 0.2) is 11.5 Å². The molecule has 1 aromatic carbocycles. The molecule has 1 aromatic rings. The molecular weight excluding hydrogens is 282 g/mol. The van der Waals surface area contributed by atoms with Crippen LogP contribution >= 0.6 is 0 Å². The molecule has 1 saturated heterocycles. The lowest BCUT2D eigenvalue weighted by atomic mass is 10.1. The van der Waals surface area contributed by atoms with Gasteiger partial charge in [0.1, 0.15) is 0 Å². The van der Waals surface area contributed by atoms with E-state index in [-0.39, 0.29) is 0 Å². The van der Waals surface area contributed by atoms with Crippen LogP contribution in [0, 0.1) is 0 Å². The van der Waals surface area contributed by atoms with Crippen LogP contribution in [0.4, 0.5) is 0 Å². The van der Waals surface area contributed by atoms with Crippen molar-refractivity contribution in [3.05, 3.63) is 23.9 Å². The van der Waals surface area contributed by atoms with E-state index in [1.807, 2.05) is 12.1 Å². The van der Waals surface area contributed by atoms with Crippen molar-refractivity contribution in [3.8, 4) is 17.2 Å². The number of hydrogen-bond acceptors (Lipinski definition) is 5. The number of morpholine rings is 1. The minimum atomic E-state index is 0.437. The molecule has 0 bridgehead atoms. The minimum absolute atomic E-state index is 0.437. The SMILES string of the molecule is CCC1COCCN1/C=C/c1cc(OC)c(OC)c(OC)c1. The minimum Gasteiger partial charge on any atom is -0.493 e. The van der Waals surface area contributed by atoms with Crippen LogP contribution < -0.4 is 14.2 Å². The maximum Gasteiger partial charge on any atom is 0.203 e. The van der Waals surface area contributed by atoms with Gasteiger partial charge in [0, 0.05) is 12.7 Å². The Labute approximate surface area is 132 Å². The predicted octanol–water partition coefficient (Wildman–Crippen LogP) is 2.79. The van der Waals surface area contributed by atoms with Crippen molar-refractivity contribution < 1.29 is 18.9 Å². The second kappa shape index (κ2) is 7.94. The van der Waals surface area contributed by atoms with Crippen LogP contribution in [-0.2, 0) is 4.74 Å². The number of rotatable bonds is 6. The first-order valence-corrected chi connectivity index (χ1v) is 7.55. The van der Waals surface area contributed by atoms with Gasteiger partial charge in [-0.1, -0.05) is 6.92 Å². The first-order chi connectivity index (χ1) is 10.7. The van der Waals surface area contributed by atoms with Gasteiger partial charge in [-0.05, 0) is 30.2 Å². The van der Waals surface area contributed by atoms with Crippen molar-refractivity contribution in [1.29, 1.82) is 0 Å². The Bertz CT molecular complexity index is 490. The molecule has 0 aliphatic carbocycles. The molecule has 5 nitrogen and oxygen atoms in total. The summed E-state index contributed by atoms with van der Waals surface area (Å²) in [7, 11) is 4.86. The highest BCUT2D eigenvalue weighted by atomic mass is 16.5. The van der Waals surface area contributed by atoms with Gasteiger partial charge in [-0.25, -0.2) is 0 Å². The third-order valence-corrected chi connectivity index (χ3v) is 3.89. The van der Waals surface area contributed by atoms with E-state index < -0.39 is 0 Å². The summed E-state index contributed by atoms with van der Waals surface area (Å²) in [5.41, 5.74) is 1.01. The van der Waals surface area contributed by atoms with Crippen LogP contribution in [0.25, 0.3) is 6.08 Å². The number of ether oxygens (including phenoxy) is 4. The molecule has 0 radical (unpaired) electrons. The normalized spacial score (nSPS) is 18.5. The van der Waals surface area contributed by atoms with E-state index in [4.69, 9.17) is 18.9 Å². The summed E-state index contributed by atoms with van der Waals surface area (Å²) < 4.78 is 21.6. The first-order valence-electron chi connectivity index (χ1n) is 7.55. The van der Waals surface area contributed by atoms with Gasteiger partial charge in [0.2, 0.25) is 5.75 Å². The van der Waals surface area contributed by atoms with E-state index in [1.165, 1.54) is 0 Å². The number of benzene rings is 1. The van der Waals surface area contributed by atoms with Crippen LogP contribution in [0.15, 0.2) is 18.3 Å². The highest BCUT2D eigenvalue weighted by molar-refractivity contribution is 5.62. The lowest BCUT2D eigenvalue weighted by Crippen LogP contribution is -2.41. The number of hydrogen-bond donors (Lipinski definition) is 0. The summed E-state index contributed by atoms with van der Waals surface area (Å²) in [5, 5.41) is 0. The van der Waals surface area contributed by atoms with E-state index in [2.05, 4.69) is 24.1 Å². The zero-order valence-corrected chi connectivity index (χ0v) is 13.8. The molecule has 22 heavy (non-hydrogen) atoms. The monoisotopic (exact) mass is 307 g/mol. The average molecular weight is 307 g/mol.